The highest BCUT2D eigenvalue weighted by Gasteiger charge is 2.15. The summed E-state index contributed by atoms with van der Waals surface area (Å²) in [5.74, 6) is -2.06. The van der Waals surface area contributed by atoms with Gasteiger partial charge < -0.3 is 15.4 Å². The van der Waals surface area contributed by atoms with Gasteiger partial charge in [0.2, 0.25) is 5.43 Å². The molecule has 0 aliphatic heterocycles. The molecule has 0 aliphatic carbocycles. The average Bonchev–Trinajstić information content (AvgIpc) is 2.32. The molecule has 1 heterocycles. The maximum Gasteiger partial charge on any atom is 0.341 e. The van der Waals surface area contributed by atoms with Crippen LogP contribution in [-0.2, 0) is 6.54 Å². The molecule has 2 rings (SSSR count). The predicted molar refractivity (Wildman–Crippen MR) is 65.2 cm³/mol. The molecule has 94 valence electrons. The second-order valence-electron chi connectivity index (χ2n) is 3.85. The predicted octanol–water partition coefficient (Wildman–Crippen LogP) is 1.44. The van der Waals surface area contributed by atoms with E-state index in [2.05, 4.69) is 0 Å². The molecule has 0 atom stereocenters. The van der Waals surface area contributed by atoms with Crippen LogP contribution in [0.2, 0.25) is 0 Å². The Balaban J connectivity index is 2.99. The van der Waals surface area contributed by atoms with Crippen LogP contribution in [0.1, 0.15) is 17.3 Å². The van der Waals surface area contributed by atoms with Crippen LogP contribution >= 0.6 is 0 Å². The maximum atomic E-state index is 13.4. The Morgan fingerprint density at radius 2 is 2.17 bits per heavy atom. The molecule has 3 N–H and O–H groups in total. The van der Waals surface area contributed by atoms with E-state index in [-0.39, 0.29) is 16.6 Å². The summed E-state index contributed by atoms with van der Waals surface area (Å²) in [6.07, 6.45) is 1.24. The standard InChI is InChI=1S/C12H11FN2O3/c1-2-15-5-7(12(17)18)11(16)6-3-8(13)9(14)4-10(6)15/h3-5H,2,14H2,1H3,(H,17,18). The van der Waals surface area contributed by atoms with Crippen molar-refractivity contribution in [2.75, 3.05) is 5.73 Å². The minimum absolute atomic E-state index is 0.0171. The molecule has 0 radical (unpaired) electrons. The number of hydrogen-bond acceptors (Lipinski definition) is 3. The SMILES string of the molecule is CCn1cc(C(=O)O)c(=O)c2cc(F)c(N)cc21. The van der Waals surface area contributed by atoms with E-state index in [9.17, 15) is 14.0 Å². The Labute approximate surface area is 101 Å². The minimum Gasteiger partial charge on any atom is -0.477 e. The fourth-order valence-electron chi connectivity index (χ4n) is 1.84. The highest BCUT2D eigenvalue weighted by atomic mass is 19.1. The van der Waals surface area contributed by atoms with Crippen molar-refractivity contribution in [3.8, 4) is 0 Å². The summed E-state index contributed by atoms with van der Waals surface area (Å²) in [7, 11) is 0. The first-order valence-electron chi connectivity index (χ1n) is 5.31. The third-order valence-corrected chi connectivity index (χ3v) is 2.77. The number of nitrogens with zero attached hydrogens (tertiary/aromatic N) is 1. The molecule has 0 unspecified atom stereocenters. The number of carboxylic acids is 1. The maximum absolute atomic E-state index is 13.4. The van der Waals surface area contributed by atoms with Crippen molar-refractivity contribution < 1.29 is 14.3 Å². The summed E-state index contributed by atoms with van der Waals surface area (Å²) in [4.78, 5) is 22.9. The van der Waals surface area contributed by atoms with E-state index < -0.39 is 17.2 Å². The number of hydrogen-bond donors (Lipinski definition) is 2. The summed E-state index contributed by atoms with van der Waals surface area (Å²) in [5.41, 5.74) is 4.71. The molecule has 0 fully saturated rings. The van der Waals surface area contributed by atoms with Gasteiger partial charge in [0, 0.05) is 18.1 Å². The van der Waals surface area contributed by atoms with E-state index in [4.69, 9.17) is 10.8 Å². The van der Waals surface area contributed by atoms with Crippen LogP contribution in [-0.4, -0.2) is 15.6 Å². The Kier molecular flexibility index (Phi) is 2.78. The van der Waals surface area contributed by atoms with Crippen molar-refractivity contribution in [2.45, 2.75) is 13.5 Å². The number of rotatable bonds is 2. The topological polar surface area (TPSA) is 85.3 Å². The van der Waals surface area contributed by atoms with Crippen LogP contribution in [0.3, 0.4) is 0 Å². The van der Waals surface area contributed by atoms with Gasteiger partial charge in [0.1, 0.15) is 11.4 Å². The van der Waals surface area contributed by atoms with E-state index in [1.165, 1.54) is 12.3 Å². The van der Waals surface area contributed by atoms with Crippen LogP contribution < -0.4 is 11.2 Å². The first-order chi connectivity index (χ1) is 8.45. The summed E-state index contributed by atoms with van der Waals surface area (Å²) >= 11 is 0. The third-order valence-electron chi connectivity index (χ3n) is 2.77. The van der Waals surface area contributed by atoms with Gasteiger partial charge >= 0.3 is 5.97 Å². The molecular weight excluding hydrogens is 239 g/mol. The van der Waals surface area contributed by atoms with Crippen molar-refractivity contribution in [1.82, 2.24) is 4.57 Å². The summed E-state index contributed by atoms with van der Waals surface area (Å²) < 4.78 is 14.9. The Morgan fingerprint density at radius 3 is 2.72 bits per heavy atom. The third kappa shape index (κ3) is 1.71. The number of anilines is 1. The second-order valence-corrected chi connectivity index (χ2v) is 3.85. The molecule has 6 heteroatoms. The monoisotopic (exact) mass is 250 g/mol. The molecule has 0 spiro atoms. The zero-order valence-electron chi connectivity index (χ0n) is 9.61. The number of halogens is 1. The molecule has 1 aromatic carbocycles. The molecule has 2 aromatic rings. The second kappa shape index (κ2) is 4.14. The summed E-state index contributed by atoms with van der Waals surface area (Å²) in [6.45, 7) is 2.23. The van der Waals surface area contributed by atoms with Gasteiger partial charge in [-0.3, -0.25) is 4.79 Å². The van der Waals surface area contributed by atoms with Crippen molar-refractivity contribution in [3.63, 3.8) is 0 Å². The highest BCUT2D eigenvalue weighted by Crippen LogP contribution is 2.19. The number of pyridine rings is 1. The summed E-state index contributed by atoms with van der Waals surface area (Å²) in [5, 5.41) is 8.95. The largest absolute Gasteiger partial charge is 0.477 e. The van der Waals surface area contributed by atoms with E-state index in [1.54, 1.807) is 11.5 Å². The number of carboxylic acid groups (broad SMARTS) is 1. The lowest BCUT2D eigenvalue weighted by Gasteiger charge is -2.10. The van der Waals surface area contributed by atoms with Crippen LogP contribution in [0, 0.1) is 5.82 Å². The number of aromatic nitrogens is 1. The molecule has 0 saturated carbocycles. The van der Waals surface area contributed by atoms with Gasteiger partial charge in [0.05, 0.1) is 11.2 Å². The van der Waals surface area contributed by atoms with Gasteiger partial charge in [-0.1, -0.05) is 0 Å². The molecule has 18 heavy (non-hydrogen) atoms. The van der Waals surface area contributed by atoms with Gasteiger partial charge in [0.15, 0.2) is 0 Å². The van der Waals surface area contributed by atoms with Gasteiger partial charge in [0.25, 0.3) is 0 Å². The molecular formula is C12H11FN2O3. The summed E-state index contributed by atoms with van der Waals surface area (Å²) in [6, 6.07) is 2.31. The number of nitrogen functional groups attached to an aromatic ring is 1. The first kappa shape index (κ1) is 12.1. The number of benzene rings is 1. The fraction of sp³-hybridized carbons (Fsp3) is 0.167. The Morgan fingerprint density at radius 1 is 1.50 bits per heavy atom. The number of aryl methyl sites for hydroxylation is 1. The fourth-order valence-corrected chi connectivity index (χ4v) is 1.84. The van der Waals surface area contributed by atoms with Crippen molar-refractivity contribution in [1.29, 1.82) is 0 Å². The van der Waals surface area contributed by atoms with Crippen LogP contribution in [0.4, 0.5) is 10.1 Å². The number of aromatic carboxylic acids is 1. The smallest absolute Gasteiger partial charge is 0.341 e. The molecule has 0 aliphatic rings. The lowest BCUT2D eigenvalue weighted by Crippen LogP contribution is -2.19. The van der Waals surface area contributed by atoms with E-state index in [0.717, 1.165) is 6.07 Å². The minimum atomic E-state index is -1.33. The van der Waals surface area contributed by atoms with Gasteiger partial charge in [-0.25, -0.2) is 9.18 Å². The normalized spacial score (nSPS) is 10.8. The zero-order valence-corrected chi connectivity index (χ0v) is 9.61. The highest BCUT2D eigenvalue weighted by molar-refractivity contribution is 5.93. The van der Waals surface area contributed by atoms with Crippen LogP contribution in [0.25, 0.3) is 10.9 Å². The van der Waals surface area contributed by atoms with Crippen LogP contribution in [0.15, 0.2) is 23.1 Å². The van der Waals surface area contributed by atoms with E-state index in [0.29, 0.717) is 12.1 Å². The van der Waals surface area contributed by atoms with Gasteiger partial charge in [-0.2, -0.15) is 0 Å². The molecule has 1 aromatic heterocycles. The van der Waals surface area contributed by atoms with Crippen LogP contribution in [0.5, 0.6) is 0 Å². The molecule has 0 amide bonds. The van der Waals surface area contributed by atoms with Crippen molar-refractivity contribution in [3.05, 3.63) is 39.9 Å². The van der Waals surface area contributed by atoms with Gasteiger partial charge in [-0.05, 0) is 19.1 Å². The number of fused-ring (bicyclic) bond motifs is 1. The first-order valence-corrected chi connectivity index (χ1v) is 5.31. The number of carbonyl (C=O) groups is 1. The molecule has 5 nitrogen and oxygen atoms in total. The lowest BCUT2D eigenvalue weighted by atomic mass is 10.1. The lowest BCUT2D eigenvalue weighted by molar-refractivity contribution is 0.0695. The number of nitrogens with two attached hydrogens (primary N) is 1. The van der Waals surface area contributed by atoms with Crippen molar-refractivity contribution >= 4 is 22.6 Å². The molecule has 0 saturated heterocycles. The Bertz CT molecular complexity index is 707. The van der Waals surface area contributed by atoms with Gasteiger partial charge in [-0.15, -0.1) is 0 Å². The van der Waals surface area contributed by atoms with Crippen molar-refractivity contribution in [2.24, 2.45) is 0 Å². The Hall–Kier alpha value is -2.37. The zero-order chi connectivity index (χ0) is 13.4. The van der Waals surface area contributed by atoms with E-state index >= 15 is 0 Å². The van der Waals surface area contributed by atoms with E-state index in [1.807, 2.05) is 0 Å². The molecule has 0 bridgehead atoms. The quantitative estimate of drug-likeness (QED) is 0.790. The average molecular weight is 250 g/mol.